The average molecular weight is 249 g/mol. The molecule has 0 rings (SSSR count). The Morgan fingerprint density at radius 3 is 2.12 bits per heavy atom. The van der Waals surface area contributed by atoms with Gasteiger partial charge in [0.1, 0.15) is 5.60 Å². The van der Waals surface area contributed by atoms with Crippen molar-refractivity contribution in [2.45, 2.75) is 60.0 Å². The second kappa shape index (κ2) is 5.90. The van der Waals surface area contributed by atoms with Gasteiger partial charge in [0.2, 0.25) is 0 Å². The molecule has 0 aromatic heterocycles. The maximum atomic E-state index is 11.7. The van der Waals surface area contributed by atoms with Crippen molar-refractivity contribution in [2.75, 3.05) is 5.88 Å². The molecule has 2 nitrogen and oxygen atoms in total. The lowest BCUT2D eigenvalue weighted by Gasteiger charge is -2.28. The highest BCUT2D eigenvalue weighted by Crippen LogP contribution is 2.30. The third-order valence-corrected chi connectivity index (χ3v) is 2.73. The van der Waals surface area contributed by atoms with E-state index in [4.69, 9.17) is 16.3 Å². The molecule has 0 amide bonds. The predicted octanol–water partition coefficient (Wildman–Crippen LogP) is 4.01. The molecule has 0 aliphatic heterocycles. The number of ether oxygens (including phenoxy) is 1. The van der Waals surface area contributed by atoms with Gasteiger partial charge in [0.05, 0.1) is 6.42 Å². The van der Waals surface area contributed by atoms with E-state index >= 15 is 0 Å². The van der Waals surface area contributed by atoms with Gasteiger partial charge in [0.15, 0.2) is 0 Å². The van der Waals surface area contributed by atoms with Crippen molar-refractivity contribution in [3.63, 3.8) is 0 Å². The van der Waals surface area contributed by atoms with Gasteiger partial charge in [0.25, 0.3) is 0 Å². The molecule has 0 heterocycles. The molecule has 0 saturated carbocycles. The van der Waals surface area contributed by atoms with E-state index < -0.39 is 5.60 Å². The van der Waals surface area contributed by atoms with E-state index in [9.17, 15) is 4.79 Å². The van der Waals surface area contributed by atoms with Crippen molar-refractivity contribution < 1.29 is 9.53 Å². The summed E-state index contributed by atoms with van der Waals surface area (Å²) in [6, 6.07) is 0. The first-order valence-electron chi connectivity index (χ1n) is 5.83. The average Bonchev–Trinajstić information content (AvgIpc) is 1.97. The summed E-state index contributed by atoms with van der Waals surface area (Å²) in [6.45, 7) is 11.9. The van der Waals surface area contributed by atoms with E-state index in [1.807, 2.05) is 20.8 Å². The zero-order chi connectivity index (χ0) is 13.0. The summed E-state index contributed by atoms with van der Waals surface area (Å²) in [6.07, 6.45) is 1.39. The highest BCUT2D eigenvalue weighted by Gasteiger charge is 2.27. The van der Waals surface area contributed by atoms with Crippen LogP contribution in [0.15, 0.2) is 0 Å². The normalized spacial score (nSPS) is 14.7. The lowest BCUT2D eigenvalue weighted by Crippen LogP contribution is -2.28. The summed E-state index contributed by atoms with van der Waals surface area (Å²) < 4.78 is 5.32. The van der Waals surface area contributed by atoms with E-state index in [0.717, 1.165) is 6.42 Å². The first kappa shape index (κ1) is 15.8. The quantitative estimate of drug-likeness (QED) is 0.543. The van der Waals surface area contributed by atoms with E-state index in [1.54, 1.807) is 0 Å². The second-order valence-electron chi connectivity index (χ2n) is 6.39. The molecule has 0 bridgehead atoms. The van der Waals surface area contributed by atoms with Gasteiger partial charge in [-0.2, -0.15) is 0 Å². The monoisotopic (exact) mass is 248 g/mol. The SMILES string of the molecule is CC(CCl)CC(C)(C)CC(=O)OC(C)(C)C. The number of hydrogen-bond donors (Lipinski definition) is 0. The van der Waals surface area contributed by atoms with Crippen LogP contribution in [-0.4, -0.2) is 17.5 Å². The fourth-order valence-corrected chi connectivity index (χ4v) is 1.95. The van der Waals surface area contributed by atoms with Crippen LogP contribution in [0.1, 0.15) is 54.4 Å². The Bertz CT molecular complexity index is 229. The number of esters is 1. The molecule has 0 radical (unpaired) electrons. The van der Waals surface area contributed by atoms with Crippen LogP contribution in [0, 0.1) is 11.3 Å². The number of alkyl halides is 1. The Balaban J connectivity index is 4.20. The Labute approximate surface area is 105 Å². The van der Waals surface area contributed by atoms with Gasteiger partial charge < -0.3 is 4.74 Å². The lowest BCUT2D eigenvalue weighted by atomic mass is 9.81. The van der Waals surface area contributed by atoms with Gasteiger partial charge >= 0.3 is 5.97 Å². The molecule has 3 heteroatoms. The number of hydrogen-bond acceptors (Lipinski definition) is 2. The number of rotatable bonds is 5. The Morgan fingerprint density at radius 2 is 1.75 bits per heavy atom. The molecule has 1 unspecified atom stereocenters. The molecule has 0 aliphatic carbocycles. The molecule has 0 aromatic rings. The van der Waals surface area contributed by atoms with Gasteiger partial charge in [-0.25, -0.2) is 0 Å². The summed E-state index contributed by atoms with van der Waals surface area (Å²) in [5.41, 5.74) is -0.443. The van der Waals surface area contributed by atoms with Crippen LogP contribution in [0.25, 0.3) is 0 Å². The zero-order valence-corrected chi connectivity index (χ0v) is 12.1. The molecule has 96 valence electrons. The van der Waals surface area contributed by atoms with Gasteiger partial charge in [-0.05, 0) is 38.5 Å². The Kier molecular flexibility index (Phi) is 5.81. The van der Waals surface area contributed by atoms with Crippen molar-refractivity contribution in [3.8, 4) is 0 Å². The van der Waals surface area contributed by atoms with Crippen LogP contribution in [0.2, 0.25) is 0 Å². The Hall–Kier alpha value is -0.240. The lowest BCUT2D eigenvalue weighted by molar-refractivity contribution is -0.157. The summed E-state index contributed by atoms with van der Waals surface area (Å²) in [5.74, 6) is 0.941. The van der Waals surface area contributed by atoms with Gasteiger partial charge in [0, 0.05) is 5.88 Å². The zero-order valence-electron chi connectivity index (χ0n) is 11.4. The van der Waals surface area contributed by atoms with Crippen molar-refractivity contribution in [2.24, 2.45) is 11.3 Å². The molecule has 0 fully saturated rings. The van der Waals surface area contributed by atoms with E-state index in [-0.39, 0.29) is 11.4 Å². The molecule has 0 aliphatic rings. The third-order valence-electron chi connectivity index (χ3n) is 2.21. The van der Waals surface area contributed by atoms with Crippen LogP contribution in [-0.2, 0) is 9.53 Å². The van der Waals surface area contributed by atoms with Crippen LogP contribution >= 0.6 is 11.6 Å². The molecule has 0 spiro atoms. The summed E-state index contributed by atoms with van der Waals surface area (Å²) in [4.78, 5) is 11.7. The summed E-state index contributed by atoms with van der Waals surface area (Å²) >= 11 is 5.78. The van der Waals surface area contributed by atoms with Crippen LogP contribution in [0.5, 0.6) is 0 Å². The van der Waals surface area contributed by atoms with E-state index in [1.165, 1.54) is 0 Å². The molecule has 0 aromatic carbocycles. The first-order valence-corrected chi connectivity index (χ1v) is 6.37. The highest BCUT2D eigenvalue weighted by molar-refractivity contribution is 6.18. The van der Waals surface area contributed by atoms with Gasteiger partial charge in [-0.3, -0.25) is 4.79 Å². The summed E-state index contributed by atoms with van der Waals surface area (Å²) in [7, 11) is 0. The minimum Gasteiger partial charge on any atom is -0.460 e. The number of carbonyl (C=O) groups is 1. The highest BCUT2D eigenvalue weighted by atomic mass is 35.5. The molecule has 0 saturated heterocycles. The Morgan fingerprint density at radius 1 is 1.25 bits per heavy atom. The standard InChI is InChI=1S/C13H25ClO2/c1-10(9-14)7-13(5,6)8-11(15)16-12(2,3)4/h10H,7-9H2,1-6H3. The van der Waals surface area contributed by atoms with Gasteiger partial charge in [-0.15, -0.1) is 11.6 Å². The maximum Gasteiger partial charge on any atom is 0.306 e. The molecule has 0 N–H and O–H groups in total. The second-order valence-corrected chi connectivity index (χ2v) is 6.70. The number of halogens is 1. The summed E-state index contributed by atoms with van der Waals surface area (Å²) in [5, 5.41) is 0. The predicted molar refractivity (Wildman–Crippen MR) is 68.7 cm³/mol. The molecular weight excluding hydrogens is 224 g/mol. The largest absolute Gasteiger partial charge is 0.460 e. The van der Waals surface area contributed by atoms with Crippen LogP contribution in [0.3, 0.4) is 0 Å². The number of carbonyl (C=O) groups excluding carboxylic acids is 1. The van der Waals surface area contributed by atoms with E-state index in [0.29, 0.717) is 18.2 Å². The topological polar surface area (TPSA) is 26.3 Å². The smallest absolute Gasteiger partial charge is 0.306 e. The van der Waals surface area contributed by atoms with Crippen LogP contribution < -0.4 is 0 Å². The third kappa shape index (κ3) is 7.98. The van der Waals surface area contributed by atoms with Crippen molar-refractivity contribution in [1.29, 1.82) is 0 Å². The minimum atomic E-state index is -0.398. The van der Waals surface area contributed by atoms with Crippen molar-refractivity contribution >= 4 is 17.6 Å². The molecular formula is C13H25ClO2. The van der Waals surface area contributed by atoms with Crippen molar-refractivity contribution in [3.05, 3.63) is 0 Å². The van der Waals surface area contributed by atoms with Crippen molar-refractivity contribution in [1.82, 2.24) is 0 Å². The molecule has 1 atom stereocenters. The van der Waals surface area contributed by atoms with Gasteiger partial charge in [-0.1, -0.05) is 20.8 Å². The fourth-order valence-electron chi connectivity index (χ4n) is 1.84. The minimum absolute atomic E-state index is 0.0450. The molecule has 16 heavy (non-hydrogen) atoms. The van der Waals surface area contributed by atoms with Crippen LogP contribution in [0.4, 0.5) is 0 Å². The van der Waals surface area contributed by atoms with E-state index in [2.05, 4.69) is 20.8 Å². The first-order chi connectivity index (χ1) is 7.06. The fraction of sp³-hybridized carbons (Fsp3) is 0.923. The maximum absolute atomic E-state index is 11.7.